The molecule has 0 spiro atoms. The molecule has 0 heterocycles. The number of anilines is 1. The number of ether oxygens (including phenoxy) is 1. The molecule has 0 amide bonds. The topological polar surface area (TPSA) is 76.1 Å². The van der Waals surface area contributed by atoms with E-state index in [-0.39, 0.29) is 5.75 Å². The van der Waals surface area contributed by atoms with Gasteiger partial charge in [-0.2, -0.15) is 5.26 Å². The standard InChI is InChI=1S/C15H13BrN2O2S/c1-20-14-4-2-10(8-17)6-11(14)9-21(19)15-5-3-12(18)7-13(15)16/h2-7H,9,18H2,1H3. The van der Waals surface area contributed by atoms with Crippen LogP contribution < -0.4 is 10.5 Å². The zero-order valence-electron chi connectivity index (χ0n) is 11.3. The first-order valence-corrected chi connectivity index (χ1v) is 8.16. The van der Waals surface area contributed by atoms with Gasteiger partial charge in [0.25, 0.3) is 0 Å². The average molecular weight is 365 g/mol. The summed E-state index contributed by atoms with van der Waals surface area (Å²) in [6, 6.07) is 12.3. The lowest BCUT2D eigenvalue weighted by atomic mass is 10.1. The van der Waals surface area contributed by atoms with Gasteiger partial charge in [0, 0.05) is 15.7 Å². The number of nitrogens with zero attached hydrogens (tertiary/aromatic N) is 1. The van der Waals surface area contributed by atoms with Crippen molar-refractivity contribution in [2.75, 3.05) is 12.8 Å². The Bertz CT molecular complexity index is 741. The van der Waals surface area contributed by atoms with Gasteiger partial charge in [-0.05, 0) is 52.3 Å². The van der Waals surface area contributed by atoms with Crippen LogP contribution in [0.3, 0.4) is 0 Å². The summed E-state index contributed by atoms with van der Waals surface area (Å²) in [5.41, 5.74) is 7.53. The minimum Gasteiger partial charge on any atom is -0.496 e. The third kappa shape index (κ3) is 3.63. The van der Waals surface area contributed by atoms with Crippen molar-refractivity contribution in [2.24, 2.45) is 0 Å². The third-order valence-electron chi connectivity index (χ3n) is 2.90. The maximum atomic E-state index is 12.5. The lowest BCUT2D eigenvalue weighted by Gasteiger charge is -2.10. The number of nitrogens with two attached hydrogens (primary N) is 1. The molecule has 6 heteroatoms. The van der Waals surface area contributed by atoms with Crippen LogP contribution in [-0.4, -0.2) is 11.3 Å². The molecule has 2 rings (SSSR count). The quantitative estimate of drug-likeness (QED) is 0.844. The van der Waals surface area contributed by atoms with Gasteiger partial charge in [-0.15, -0.1) is 0 Å². The second-order valence-corrected chi connectivity index (χ2v) is 6.59. The molecule has 0 bridgehead atoms. The first-order valence-electron chi connectivity index (χ1n) is 6.05. The van der Waals surface area contributed by atoms with E-state index in [1.54, 1.807) is 43.5 Å². The number of hydrogen-bond donors (Lipinski definition) is 1. The largest absolute Gasteiger partial charge is 0.496 e. The molecule has 0 aromatic heterocycles. The van der Waals surface area contributed by atoms with Gasteiger partial charge < -0.3 is 10.5 Å². The number of rotatable bonds is 4. The lowest BCUT2D eigenvalue weighted by molar-refractivity contribution is 0.411. The van der Waals surface area contributed by atoms with E-state index in [4.69, 9.17) is 15.7 Å². The molecule has 1 atom stereocenters. The molecule has 2 N–H and O–H groups in total. The molecule has 4 nitrogen and oxygen atoms in total. The van der Waals surface area contributed by atoms with Crippen molar-refractivity contribution in [3.05, 3.63) is 52.0 Å². The molecule has 0 aliphatic rings. The van der Waals surface area contributed by atoms with Crippen LogP contribution in [0.25, 0.3) is 0 Å². The van der Waals surface area contributed by atoms with Crippen molar-refractivity contribution in [1.29, 1.82) is 5.26 Å². The van der Waals surface area contributed by atoms with Crippen molar-refractivity contribution in [3.8, 4) is 11.8 Å². The van der Waals surface area contributed by atoms with Crippen LogP contribution in [-0.2, 0) is 16.6 Å². The van der Waals surface area contributed by atoms with Crippen molar-refractivity contribution in [1.82, 2.24) is 0 Å². The summed E-state index contributed by atoms with van der Waals surface area (Å²) in [6.07, 6.45) is 0. The summed E-state index contributed by atoms with van der Waals surface area (Å²) < 4.78 is 18.5. The molecule has 108 valence electrons. The Kier molecular flexibility index (Phi) is 4.99. The average Bonchev–Trinajstić information content (AvgIpc) is 2.46. The summed E-state index contributed by atoms with van der Waals surface area (Å²) in [5, 5.41) is 8.96. The number of benzene rings is 2. The fourth-order valence-corrected chi connectivity index (χ4v) is 3.98. The molecular weight excluding hydrogens is 352 g/mol. The number of halogens is 1. The Morgan fingerprint density at radius 2 is 2.10 bits per heavy atom. The Morgan fingerprint density at radius 3 is 2.71 bits per heavy atom. The summed E-state index contributed by atoms with van der Waals surface area (Å²) in [4.78, 5) is 0.661. The van der Waals surface area contributed by atoms with Crippen LogP contribution in [0.1, 0.15) is 11.1 Å². The predicted molar refractivity (Wildman–Crippen MR) is 86.4 cm³/mol. The van der Waals surface area contributed by atoms with Gasteiger partial charge in [0.2, 0.25) is 0 Å². The Hall–Kier alpha value is -1.84. The normalized spacial score (nSPS) is 11.7. The lowest BCUT2D eigenvalue weighted by Crippen LogP contribution is -2.01. The van der Waals surface area contributed by atoms with E-state index in [0.29, 0.717) is 26.4 Å². The summed E-state index contributed by atoms with van der Waals surface area (Å²) in [6.45, 7) is 0. The molecule has 0 fully saturated rings. The van der Waals surface area contributed by atoms with Crippen LogP contribution >= 0.6 is 15.9 Å². The summed E-state index contributed by atoms with van der Waals surface area (Å²) in [5.74, 6) is 0.884. The van der Waals surface area contributed by atoms with Crippen molar-refractivity contribution in [3.63, 3.8) is 0 Å². The molecule has 2 aromatic rings. The van der Waals surface area contributed by atoms with Gasteiger partial charge in [-0.3, -0.25) is 4.21 Å². The van der Waals surface area contributed by atoms with Gasteiger partial charge in [0.1, 0.15) is 5.75 Å². The molecule has 0 aliphatic heterocycles. The molecule has 0 aliphatic carbocycles. The SMILES string of the molecule is COc1ccc(C#N)cc1CS(=O)c1ccc(N)cc1Br. The van der Waals surface area contributed by atoms with Crippen molar-refractivity contribution >= 4 is 32.4 Å². The Morgan fingerprint density at radius 1 is 1.33 bits per heavy atom. The van der Waals surface area contributed by atoms with E-state index in [1.165, 1.54) is 0 Å². The first-order chi connectivity index (χ1) is 10.0. The van der Waals surface area contributed by atoms with E-state index in [0.717, 1.165) is 5.56 Å². The fraction of sp³-hybridized carbons (Fsp3) is 0.133. The number of hydrogen-bond acceptors (Lipinski definition) is 4. The van der Waals surface area contributed by atoms with Crippen LogP contribution in [0.5, 0.6) is 5.75 Å². The minimum atomic E-state index is -1.27. The van der Waals surface area contributed by atoms with Gasteiger partial charge in [-0.25, -0.2) is 0 Å². The van der Waals surface area contributed by atoms with Gasteiger partial charge >= 0.3 is 0 Å². The van der Waals surface area contributed by atoms with E-state index >= 15 is 0 Å². The maximum absolute atomic E-state index is 12.5. The van der Waals surface area contributed by atoms with Gasteiger partial charge in [0.05, 0.1) is 40.2 Å². The first kappa shape index (κ1) is 15.5. The zero-order valence-corrected chi connectivity index (χ0v) is 13.7. The highest BCUT2D eigenvalue weighted by Gasteiger charge is 2.13. The van der Waals surface area contributed by atoms with Gasteiger partial charge in [0.15, 0.2) is 0 Å². The molecule has 0 saturated heterocycles. The summed E-state index contributed by atoms with van der Waals surface area (Å²) >= 11 is 3.37. The molecule has 1 unspecified atom stereocenters. The van der Waals surface area contributed by atoms with Crippen LogP contribution in [0.4, 0.5) is 5.69 Å². The number of nitriles is 1. The number of nitrogen functional groups attached to an aromatic ring is 1. The highest BCUT2D eigenvalue weighted by Crippen LogP contribution is 2.27. The Balaban J connectivity index is 2.33. The minimum absolute atomic E-state index is 0.265. The van der Waals surface area contributed by atoms with Gasteiger partial charge in [-0.1, -0.05) is 0 Å². The van der Waals surface area contributed by atoms with E-state index in [2.05, 4.69) is 22.0 Å². The highest BCUT2D eigenvalue weighted by atomic mass is 79.9. The van der Waals surface area contributed by atoms with E-state index in [1.807, 2.05) is 0 Å². The summed E-state index contributed by atoms with van der Waals surface area (Å²) in [7, 11) is 0.280. The molecule has 21 heavy (non-hydrogen) atoms. The van der Waals surface area contributed by atoms with Crippen LogP contribution in [0, 0.1) is 11.3 Å². The predicted octanol–water partition coefficient (Wildman–Crippen LogP) is 3.22. The zero-order chi connectivity index (χ0) is 15.4. The molecule has 0 saturated carbocycles. The van der Waals surface area contributed by atoms with E-state index in [9.17, 15) is 4.21 Å². The maximum Gasteiger partial charge on any atom is 0.123 e. The smallest absolute Gasteiger partial charge is 0.123 e. The molecule has 0 radical (unpaired) electrons. The molecular formula is C15H13BrN2O2S. The third-order valence-corrected chi connectivity index (χ3v) is 5.24. The fourth-order valence-electron chi connectivity index (χ4n) is 1.88. The van der Waals surface area contributed by atoms with Crippen molar-refractivity contribution in [2.45, 2.75) is 10.6 Å². The second-order valence-electron chi connectivity index (χ2n) is 4.32. The number of methoxy groups -OCH3 is 1. The molecule has 2 aromatic carbocycles. The van der Waals surface area contributed by atoms with Crippen LogP contribution in [0.15, 0.2) is 45.8 Å². The van der Waals surface area contributed by atoms with Crippen LogP contribution in [0.2, 0.25) is 0 Å². The Labute approximate surface area is 134 Å². The second kappa shape index (κ2) is 6.74. The van der Waals surface area contributed by atoms with E-state index < -0.39 is 10.8 Å². The van der Waals surface area contributed by atoms with Crippen molar-refractivity contribution < 1.29 is 8.95 Å². The highest BCUT2D eigenvalue weighted by molar-refractivity contribution is 9.10. The monoisotopic (exact) mass is 364 g/mol.